The smallest absolute Gasteiger partial charge is 0.125 e. The van der Waals surface area contributed by atoms with Crippen LogP contribution in [0.3, 0.4) is 0 Å². The molecular formula is C16H18ClNO. The van der Waals surface area contributed by atoms with E-state index in [1.54, 1.807) is 5.06 Å². The fraction of sp³-hybridized carbons (Fsp3) is 0.250. The van der Waals surface area contributed by atoms with E-state index in [0.717, 1.165) is 30.1 Å². The van der Waals surface area contributed by atoms with Crippen molar-refractivity contribution in [1.29, 1.82) is 0 Å². The molecule has 1 aliphatic rings. The Labute approximate surface area is 119 Å². The van der Waals surface area contributed by atoms with Crippen LogP contribution in [-0.4, -0.2) is 11.6 Å². The van der Waals surface area contributed by atoms with Gasteiger partial charge < -0.3 is 4.84 Å². The molecule has 0 aromatic heterocycles. The summed E-state index contributed by atoms with van der Waals surface area (Å²) in [6.45, 7) is 4.61. The Bertz CT molecular complexity index is 479. The van der Waals surface area contributed by atoms with Crippen molar-refractivity contribution < 1.29 is 4.84 Å². The van der Waals surface area contributed by atoms with Crippen molar-refractivity contribution in [2.45, 2.75) is 19.3 Å². The van der Waals surface area contributed by atoms with Crippen LogP contribution >= 0.6 is 11.6 Å². The van der Waals surface area contributed by atoms with Gasteiger partial charge in [0.15, 0.2) is 0 Å². The monoisotopic (exact) mass is 275 g/mol. The predicted octanol–water partition coefficient (Wildman–Crippen LogP) is 4.41. The summed E-state index contributed by atoms with van der Waals surface area (Å²) in [5, 5.41) is 2.48. The average Bonchev–Trinajstić information content (AvgIpc) is 2.43. The van der Waals surface area contributed by atoms with Crippen LogP contribution < -0.4 is 0 Å². The molecule has 0 fully saturated rings. The predicted molar refractivity (Wildman–Crippen MR) is 79.4 cm³/mol. The lowest BCUT2D eigenvalue weighted by molar-refractivity contribution is -0.0701. The molecule has 1 heterocycles. The second-order valence-corrected chi connectivity index (χ2v) is 4.91. The Morgan fingerprint density at radius 2 is 2.11 bits per heavy atom. The zero-order chi connectivity index (χ0) is 13.5. The number of nitrogens with zero attached hydrogens (tertiary/aromatic N) is 1. The maximum Gasteiger partial charge on any atom is 0.125 e. The first kappa shape index (κ1) is 13.8. The van der Waals surface area contributed by atoms with Crippen LogP contribution in [0.15, 0.2) is 66.1 Å². The van der Waals surface area contributed by atoms with Crippen LogP contribution in [0.25, 0.3) is 0 Å². The maximum absolute atomic E-state index is 5.84. The quantitative estimate of drug-likeness (QED) is 0.713. The van der Waals surface area contributed by atoms with Crippen LogP contribution in [0.4, 0.5) is 0 Å². The number of benzene rings is 1. The van der Waals surface area contributed by atoms with Gasteiger partial charge in [-0.25, -0.2) is 5.06 Å². The van der Waals surface area contributed by atoms with Crippen molar-refractivity contribution >= 4 is 11.6 Å². The standard InChI is InChI=1S/C16H18ClNO/c1-14(19-18-12-10-16(17)11-13-18)6-5-9-15-7-3-2-4-8-15/h2-4,7-8,10-12H,1,5-6,9,13H2. The number of allylic oxidation sites excluding steroid dienone is 3. The zero-order valence-corrected chi connectivity index (χ0v) is 11.6. The Morgan fingerprint density at radius 1 is 1.32 bits per heavy atom. The van der Waals surface area contributed by atoms with E-state index in [-0.39, 0.29) is 0 Å². The third kappa shape index (κ3) is 4.84. The highest BCUT2D eigenvalue weighted by Gasteiger charge is 2.06. The van der Waals surface area contributed by atoms with E-state index in [1.165, 1.54) is 5.56 Å². The van der Waals surface area contributed by atoms with Crippen LogP contribution in [0.1, 0.15) is 18.4 Å². The van der Waals surface area contributed by atoms with Gasteiger partial charge in [-0.2, -0.15) is 0 Å². The molecule has 0 spiro atoms. The number of hydrogen-bond acceptors (Lipinski definition) is 2. The largest absolute Gasteiger partial charge is 0.385 e. The number of rotatable bonds is 6. The normalized spacial score (nSPS) is 14.2. The van der Waals surface area contributed by atoms with E-state index < -0.39 is 0 Å². The summed E-state index contributed by atoms with van der Waals surface area (Å²) in [4.78, 5) is 5.63. The molecule has 2 nitrogen and oxygen atoms in total. The van der Waals surface area contributed by atoms with Gasteiger partial charge in [0.1, 0.15) is 5.76 Å². The molecule has 0 aliphatic carbocycles. The molecule has 2 rings (SSSR count). The Kier molecular flexibility index (Phi) is 5.10. The van der Waals surface area contributed by atoms with Gasteiger partial charge in [-0.15, -0.1) is 0 Å². The molecule has 0 saturated heterocycles. The van der Waals surface area contributed by atoms with Crippen LogP contribution in [-0.2, 0) is 11.3 Å². The Morgan fingerprint density at radius 3 is 2.79 bits per heavy atom. The summed E-state index contributed by atoms with van der Waals surface area (Å²) in [6.07, 6.45) is 8.48. The van der Waals surface area contributed by atoms with E-state index >= 15 is 0 Å². The van der Waals surface area contributed by atoms with Gasteiger partial charge in [0.05, 0.1) is 6.54 Å². The molecule has 0 radical (unpaired) electrons. The fourth-order valence-electron chi connectivity index (χ4n) is 1.87. The number of halogens is 1. The van der Waals surface area contributed by atoms with Gasteiger partial charge in [0.2, 0.25) is 0 Å². The summed E-state index contributed by atoms with van der Waals surface area (Å²) >= 11 is 5.84. The molecule has 0 unspecified atom stereocenters. The van der Waals surface area contributed by atoms with E-state index in [2.05, 4.69) is 30.8 Å². The topological polar surface area (TPSA) is 12.5 Å². The van der Waals surface area contributed by atoms with Crippen LogP contribution in [0.5, 0.6) is 0 Å². The van der Waals surface area contributed by atoms with Crippen LogP contribution in [0, 0.1) is 0 Å². The van der Waals surface area contributed by atoms with Gasteiger partial charge in [0, 0.05) is 17.7 Å². The van der Waals surface area contributed by atoms with Crippen molar-refractivity contribution in [3.8, 4) is 0 Å². The maximum atomic E-state index is 5.84. The van der Waals surface area contributed by atoms with E-state index in [1.807, 2.05) is 24.4 Å². The number of hydrogen-bond donors (Lipinski definition) is 0. The van der Waals surface area contributed by atoms with Crippen molar-refractivity contribution in [3.05, 3.63) is 71.6 Å². The minimum atomic E-state index is 0.660. The zero-order valence-electron chi connectivity index (χ0n) is 10.9. The molecular weight excluding hydrogens is 258 g/mol. The SMILES string of the molecule is C=C(CCCc1ccccc1)ON1C=CC(Cl)=CC1. The lowest BCUT2D eigenvalue weighted by Crippen LogP contribution is -2.19. The van der Waals surface area contributed by atoms with Gasteiger partial charge >= 0.3 is 0 Å². The number of hydroxylamine groups is 2. The Hall–Kier alpha value is -1.67. The molecule has 3 heteroatoms. The first-order valence-electron chi connectivity index (χ1n) is 6.44. The molecule has 1 aliphatic heterocycles. The van der Waals surface area contributed by atoms with Gasteiger partial charge in [-0.1, -0.05) is 48.5 Å². The third-order valence-electron chi connectivity index (χ3n) is 2.88. The van der Waals surface area contributed by atoms with Crippen LogP contribution in [0.2, 0.25) is 0 Å². The molecule has 19 heavy (non-hydrogen) atoms. The molecule has 1 aromatic carbocycles. The highest BCUT2D eigenvalue weighted by atomic mass is 35.5. The molecule has 0 atom stereocenters. The van der Waals surface area contributed by atoms with Gasteiger partial charge in [-0.05, 0) is 30.6 Å². The minimum Gasteiger partial charge on any atom is -0.385 e. The summed E-state index contributed by atoms with van der Waals surface area (Å²) < 4.78 is 0. The van der Waals surface area contributed by atoms with Gasteiger partial charge in [0.25, 0.3) is 0 Å². The summed E-state index contributed by atoms with van der Waals surface area (Å²) in [5.74, 6) is 0.784. The molecule has 0 saturated carbocycles. The number of aryl methyl sites for hydroxylation is 1. The second-order valence-electron chi connectivity index (χ2n) is 4.47. The first-order valence-corrected chi connectivity index (χ1v) is 6.82. The molecule has 0 amide bonds. The van der Waals surface area contributed by atoms with Crippen molar-refractivity contribution in [3.63, 3.8) is 0 Å². The van der Waals surface area contributed by atoms with E-state index in [0.29, 0.717) is 6.54 Å². The van der Waals surface area contributed by atoms with Crippen molar-refractivity contribution in [2.24, 2.45) is 0 Å². The lowest BCUT2D eigenvalue weighted by atomic mass is 10.1. The summed E-state index contributed by atoms with van der Waals surface area (Å²) in [5.41, 5.74) is 1.35. The summed E-state index contributed by atoms with van der Waals surface area (Å²) in [6, 6.07) is 10.4. The van der Waals surface area contributed by atoms with E-state index in [9.17, 15) is 0 Å². The molecule has 1 aromatic rings. The van der Waals surface area contributed by atoms with Crippen molar-refractivity contribution in [2.75, 3.05) is 6.54 Å². The molecule has 100 valence electrons. The lowest BCUT2D eigenvalue weighted by Gasteiger charge is -2.22. The Balaban J connectivity index is 1.67. The highest BCUT2D eigenvalue weighted by Crippen LogP contribution is 2.15. The minimum absolute atomic E-state index is 0.660. The first-order chi connectivity index (χ1) is 9.24. The fourth-order valence-corrected chi connectivity index (χ4v) is 2.00. The third-order valence-corrected chi connectivity index (χ3v) is 3.16. The van der Waals surface area contributed by atoms with Crippen molar-refractivity contribution in [1.82, 2.24) is 5.06 Å². The average molecular weight is 276 g/mol. The second kappa shape index (κ2) is 7.05. The van der Waals surface area contributed by atoms with Gasteiger partial charge in [-0.3, -0.25) is 0 Å². The molecule has 0 bridgehead atoms. The van der Waals surface area contributed by atoms with E-state index in [4.69, 9.17) is 16.4 Å². The molecule has 0 N–H and O–H groups in total. The summed E-state index contributed by atoms with van der Waals surface area (Å²) in [7, 11) is 0. The highest BCUT2D eigenvalue weighted by molar-refractivity contribution is 6.31.